The molecule has 0 bridgehead atoms. The molecule has 1 saturated heterocycles. The number of hydrogen-bond donors (Lipinski definition) is 0. The van der Waals surface area contributed by atoms with Crippen molar-refractivity contribution in [3.8, 4) is 0 Å². The van der Waals surface area contributed by atoms with Gasteiger partial charge in [-0.3, -0.25) is 9.59 Å². The van der Waals surface area contributed by atoms with Crippen LogP contribution in [0.3, 0.4) is 0 Å². The molecule has 0 atom stereocenters. The van der Waals surface area contributed by atoms with Crippen LogP contribution in [0.1, 0.15) is 188 Å². The maximum absolute atomic E-state index is 12.6. The van der Waals surface area contributed by atoms with Crippen molar-refractivity contribution >= 4 is 33.5 Å². The van der Waals surface area contributed by atoms with Crippen molar-refractivity contribution in [3.63, 3.8) is 0 Å². The number of likely N-dealkylation sites (tertiary alicyclic amines) is 1. The summed E-state index contributed by atoms with van der Waals surface area (Å²) in [5, 5.41) is 0. The summed E-state index contributed by atoms with van der Waals surface area (Å²) in [7, 11) is 3.76. The second-order valence-electron chi connectivity index (χ2n) is 15.3. The average molecular weight is 803 g/mol. The van der Waals surface area contributed by atoms with Crippen molar-refractivity contribution in [1.82, 2.24) is 9.80 Å². The van der Waals surface area contributed by atoms with E-state index in [1.165, 1.54) is 122 Å². The van der Waals surface area contributed by atoms with Crippen molar-refractivity contribution < 1.29 is 28.5 Å². The lowest BCUT2D eigenvalue weighted by molar-refractivity contribution is -0.159. The quantitative estimate of drug-likeness (QED) is 0.0258. The summed E-state index contributed by atoms with van der Waals surface area (Å²) >= 11 is 0. The minimum atomic E-state index is -0.321. The van der Waals surface area contributed by atoms with Gasteiger partial charge in [0, 0.05) is 37.7 Å². The molecule has 1 aliphatic rings. The molecule has 10 heteroatoms. The smallest absolute Gasteiger partial charge is 0.307 e. The number of hydrogen-bond acceptors (Lipinski definition) is 10. The van der Waals surface area contributed by atoms with E-state index >= 15 is 0 Å². The molecule has 0 unspecified atom stereocenters. The first-order chi connectivity index (χ1) is 26.6. The molecule has 0 radical (unpaired) electrons. The number of rotatable bonds is 42. The Morgan fingerprint density at radius 2 is 1.04 bits per heavy atom. The van der Waals surface area contributed by atoms with Gasteiger partial charge in [0.1, 0.15) is 6.61 Å². The van der Waals surface area contributed by atoms with Gasteiger partial charge in [-0.2, -0.15) is 0 Å². The van der Waals surface area contributed by atoms with Crippen LogP contribution in [0.25, 0.3) is 0 Å². The summed E-state index contributed by atoms with van der Waals surface area (Å²) in [5.74, 6) is 1.83. The van der Waals surface area contributed by atoms with Crippen LogP contribution in [0, 0.1) is 0 Å². The molecular weight excluding hydrogens is 717 g/mol. The van der Waals surface area contributed by atoms with Crippen LogP contribution < -0.4 is 0 Å². The zero-order valence-electron chi connectivity index (χ0n) is 35.6. The van der Waals surface area contributed by atoms with Gasteiger partial charge in [0.05, 0.1) is 19.4 Å². The summed E-state index contributed by atoms with van der Waals surface area (Å²) < 4.78 is 23.2. The Morgan fingerprint density at radius 1 is 0.537 bits per heavy atom. The number of ether oxygens (including phenoxy) is 4. The zero-order chi connectivity index (χ0) is 39.0. The number of unbranched alkanes of at least 4 members (excludes halogenated alkanes) is 16. The SMILES string of the molecule is CCCCCCCCCCSSCCOC(=O)CCN(CCCCCCOC(=O)CCC(OCCCCCC)OCCCCCC)CCCN1CCCC1. The lowest BCUT2D eigenvalue weighted by Crippen LogP contribution is -2.31. The molecule has 0 N–H and O–H groups in total. The molecule has 0 aromatic carbocycles. The topological polar surface area (TPSA) is 77.5 Å². The molecule has 1 aliphatic heterocycles. The zero-order valence-corrected chi connectivity index (χ0v) is 37.2. The highest BCUT2D eigenvalue weighted by Gasteiger charge is 2.15. The van der Waals surface area contributed by atoms with E-state index in [2.05, 4.69) is 30.6 Å². The normalized spacial score (nSPS) is 13.4. The number of esters is 2. The molecule has 1 fully saturated rings. The molecule has 320 valence electrons. The van der Waals surface area contributed by atoms with Gasteiger partial charge in [-0.15, -0.1) is 0 Å². The summed E-state index contributed by atoms with van der Waals surface area (Å²) in [6, 6.07) is 0. The molecule has 0 spiro atoms. The van der Waals surface area contributed by atoms with Gasteiger partial charge in [-0.25, -0.2) is 0 Å². The molecule has 0 saturated carbocycles. The average Bonchev–Trinajstić information content (AvgIpc) is 3.70. The Balaban J connectivity index is 2.21. The molecule has 0 aromatic rings. The van der Waals surface area contributed by atoms with E-state index in [0.29, 0.717) is 45.7 Å². The second kappa shape index (κ2) is 40.7. The van der Waals surface area contributed by atoms with E-state index in [4.69, 9.17) is 18.9 Å². The predicted molar refractivity (Wildman–Crippen MR) is 232 cm³/mol. The van der Waals surface area contributed by atoms with E-state index in [1.54, 1.807) is 0 Å². The van der Waals surface area contributed by atoms with Crippen LogP contribution in [-0.4, -0.2) is 105 Å². The van der Waals surface area contributed by atoms with Crippen molar-refractivity contribution in [3.05, 3.63) is 0 Å². The molecule has 0 amide bonds. The van der Waals surface area contributed by atoms with Crippen LogP contribution in [-0.2, 0) is 28.5 Å². The van der Waals surface area contributed by atoms with Gasteiger partial charge in [0.15, 0.2) is 6.29 Å². The van der Waals surface area contributed by atoms with E-state index in [1.807, 2.05) is 21.6 Å². The van der Waals surface area contributed by atoms with Crippen LogP contribution in [0.5, 0.6) is 0 Å². The Morgan fingerprint density at radius 3 is 1.70 bits per heavy atom. The third-order valence-electron chi connectivity index (χ3n) is 10.2. The fraction of sp³-hybridized carbons (Fsp3) is 0.955. The van der Waals surface area contributed by atoms with E-state index in [0.717, 1.165) is 76.9 Å². The highest BCUT2D eigenvalue weighted by Crippen LogP contribution is 2.23. The van der Waals surface area contributed by atoms with Crippen LogP contribution >= 0.6 is 21.6 Å². The van der Waals surface area contributed by atoms with Gasteiger partial charge in [0.2, 0.25) is 0 Å². The summed E-state index contributed by atoms with van der Waals surface area (Å²) in [4.78, 5) is 30.1. The van der Waals surface area contributed by atoms with Crippen LogP contribution in [0.2, 0.25) is 0 Å². The first-order valence-electron chi connectivity index (χ1n) is 22.8. The second-order valence-corrected chi connectivity index (χ2v) is 18.0. The lowest BCUT2D eigenvalue weighted by Gasteiger charge is -2.23. The van der Waals surface area contributed by atoms with Crippen molar-refractivity contribution in [2.75, 3.05) is 77.2 Å². The fourth-order valence-electron chi connectivity index (χ4n) is 6.77. The number of carbonyl (C=O) groups is 2. The molecule has 0 aliphatic carbocycles. The molecule has 1 rings (SSSR count). The highest BCUT2D eigenvalue weighted by molar-refractivity contribution is 8.76. The summed E-state index contributed by atoms with van der Waals surface area (Å²) in [6.45, 7) is 15.4. The Kier molecular flexibility index (Phi) is 38.8. The molecule has 1 heterocycles. The number of carbonyl (C=O) groups excluding carboxylic acids is 2. The van der Waals surface area contributed by atoms with Gasteiger partial charge in [-0.1, -0.05) is 139 Å². The fourth-order valence-corrected chi connectivity index (χ4v) is 8.74. The van der Waals surface area contributed by atoms with Crippen LogP contribution in [0.15, 0.2) is 0 Å². The minimum absolute atomic E-state index is 0.0709. The molecular formula is C44H86N2O6S2. The standard InChI is InChI=1S/C44H86N2O6S2/c1-4-7-10-13-14-15-18-25-40-53-54-41-39-50-43(48)29-35-46(34-26-33-45-31-20-21-32-45)30-19-16-17-24-36-49-42(47)27-28-44(51-37-22-11-8-5-2)52-38-23-12-9-6-3/h44H,4-41H2,1-3H3. The minimum Gasteiger partial charge on any atom is -0.466 e. The third-order valence-corrected chi connectivity index (χ3v) is 12.6. The summed E-state index contributed by atoms with van der Waals surface area (Å²) in [6.07, 6.45) is 29.1. The predicted octanol–water partition coefficient (Wildman–Crippen LogP) is 11.6. The summed E-state index contributed by atoms with van der Waals surface area (Å²) in [5.41, 5.74) is 0. The lowest BCUT2D eigenvalue weighted by atomic mass is 10.1. The van der Waals surface area contributed by atoms with E-state index in [-0.39, 0.29) is 18.2 Å². The van der Waals surface area contributed by atoms with Gasteiger partial charge >= 0.3 is 11.9 Å². The Bertz CT molecular complexity index is 806. The monoisotopic (exact) mass is 803 g/mol. The van der Waals surface area contributed by atoms with E-state index < -0.39 is 0 Å². The van der Waals surface area contributed by atoms with Crippen molar-refractivity contribution in [2.45, 2.75) is 194 Å². The number of nitrogens with zero attached hydrogens (tertiary/aromatic N) is 2. The molecule has 8 nitrogen and oxygen atoms in total. The molecule has 0 aromatic heterocycles. The van der Waals surface area contributed by atoms with Crippen molar-refractivity contribution in [1.29, 1.82) is 0 Å². The van der Waals surface area contributed by atoms with Crippen LogP contribution in [0.4, 0.5) is 0 Å². The van der Waals surface area contributed by atoms with Gasteiger partial charge in [-0.05, 0) is 84.1 Å². The van der Waals surface area contributed by atoms with Gasteiger partial charge < -0.3 is 28.7 Å². The van der Waals surface area contributed by atoms with Crippen molar-refractivity contribution in [2.24, 2.45) is 0 Å². The maximum atomic E-state index is 12.6. The first-order valence-corrected chi connectivity index (χ1v) is 25.3. The molecule has 54 heavy (non-hydrogen) atoms. The maximum Gasteiger partial charge on any atom is 0.307 e. The highest BCUT2D eigenvalue weighted by atomic mass is 33.1. The Labute approximate surface area is 341 Å². The largest absolute Gasteiger partial charge is 0.466 e. The third kappa shape index (κ3) is 34.7. The first kappa shape index (κ1) is 51.5. The van der Waals surface area contributed by atoms with Gasteiger partial charge in [0.25, 0.3) is 0 Å². The Hall–Kier alpha value is -0.520. The van der Waals surface area contributed by atoms with E-state index in [9.17, 15) is 9.59 Å².